The number of benzene rings is 1. The number of hydrogen-bond acceptors (Lipinski definition) is 3. The molecule has 2 unspecified atom stereocenters. The zero-order valence-corrected chi connectivity index (χ0v) is 16.2. The van der Waals surface area contributed by atoms with Gasteiger partial charge in [0, 0.05) is 23.8 Å². The molecule has 0 spiro atoms. The van der Waals surface area contributed by atoms with Crippen molar-refractivity contribution in [3.63, 3.8) is 0 Å². The van der Waals surface area contributed by atoms with E-state index in [1.165, 1.54) is 6.42 Å². The molecule has 0 aromatic heterocycles. The van der Waals surface area contributed by atoms with Crippen molar-refractivity contribution in [3.05, 3.63) is 29.3 Å². The fraction of sp³-hybridized carbons (Fsp3) is 0.579. The second kappa shape index (κ2) is 9.78. The van der Waals surface area contributed by atoms with Gasteiger partial charge in [-0.25, -0.2) is 0 Å². The minimum absolute atomic E-state index is 0. The van der Waals surface area contributed by atoms with E-state index in [1.54, 1.807) is 12.1 Å². The van der Waals surface area contributed by atoms with Crippen molar-refractivity contribution in [1.29, 1.82) is 0 Å². The molecule has 1 fully saturated rings. The minimum atomic E-state index is -0.495. The number of hydrogen-bond donors (Lipinski definition) is 2. The Morgan fingerprint density at radius 2 is 2.08 bits per heavy atom. The van der Waals surface area contributed by atoms with E-state index in [0.717, 1.165) is 37.1 Å². The van der Waals surface area contributed by atoms with Crippen LogP contribution in [0, 0.1) is 6.92 Å². The van der Waals surface area contributed by atoms with E-state index in [4.69, 9.17) is 5.73 Å². The summed E-state index contributed by atoms with van der Waals surface area (Å²) in [4.78, 5) is 26.7. The fourth-order valence-corrected chi connectivity index (χ4v) is 3.17. The van der Waals surface area contributed by atoms with Crippen LogP contribution >= 0.6 is 12.4 Å². The quantitative estimate of drug-likeness (QED) is 0.836. The summed E-state index contributed by atoms with van der Waals surface area (Å²) in [5.41, 5.74) is 8.12. The lowest BCUT2D eigenvalue weighted by molar-refractivity contribution is -0.117. The number of aryl methyl sites for hydroxylation is 1. The average molecular weight is 368 g/mol. The second-order valence-corrected chi connectivity index (χ2v) is 6.76. The van der Waals surface area contributed by atoms with Crippen molar-refractivity contribution in [1.82, 2.24) is 4.90 Å². The molecule has 2 atom stereocenters. The van der Waals surface area contributed by atoms with Gasteiger partial charge in [0.05, 0.1) is 6.04 Å². The maximum atomic E-state index is 12.7. The predicted molar refractivity (Wildman–Crippen MR) is 104 cm³/mol. The first-order chi connectivity index (χ1) is 11.4. The van der Waals surface area contributed by atoms with Gasteiger partial charge in [-0.2, -0.15) is 0 Å². The zero-order valence-electron chi connectivity index (χ0n) is 15.4. The number of piperidine rings is 1. The highest BCUT2D eigenvalue weighted by Crippen LogP contribution is 2.22. The van der Waals surface area contributed by atoms with Gasteiger partial charge in [0.15, 0.2) is 0 Å². The lowest BCUT2D eigenvalue weighted by atomic mass is 10.0. The molecule has 1 heterocycles. The number of likely N-dealkylation sites (tertiary alicyclic amines) is 1. The second-order valence-electron chi connectivity index (χ2n) is 6.76. The summed E-state index contributed by atoms with van der Waals surface area (Å²) in [6.07, 6.45) is 4.85. The number of carbonyl (C=O) groups is 2. The van der Waals surface area contributed by atoms with Crippen LogP contribution < -0.4 is 11.1 Å². The summed E-state index contributed by atoms with van der Waals surface area (Å²) in [7, 11) is 0. The van der Waals surface area contributed by atoms with Crippen molar-refractivity contribution in [2.75, 3.05) is 11.9 Å². The molecule has 1 aliphatic heterocycles. The molecular weight excluding hydrogens is 338 g/mol. The summed E-state index contributed by atoms with van der Waals surface area (Å²) >= 11 is 0. The summed E-state index contributed by atoms with van der Waals surface area (Å²) in [5, 5.41) is 2.86. The van der Waals surface area contributed by atoms with Crippen LogP contribution in [0.4, 0.5) is 5.69 Å². The number of halogens is 1. The van der Waals surface area contributed by atoms with E-state index in [0.29, 0.717) is 12.0 Å². The van der Waals surface area contributed by atoms with Crippen LogP contribution in [0.1, 0.15) is 61.9 Å². The summed E-state index contributed by atoms with van der Waals surface area (Å²) in [6, 6.07) is 5.23. The van der Waals surface area contributed by atoms with Crippen molar-refractivity contribution in [2.45, 2.75) is 65.0 Å². The normalized spacial score (nSPS) is 18.2. The first-order valence-corrected chi connectivity index (χ1v) is 8.92. The number of nitrogens with zero attached hydrogens (tertiary/aromatic N) is 1. The van der Waals surface area contributed by atoms with Gasteiger partial charge in [-0.1, -0.05) is 13.3 Å². The molecule has 0 aliphatic carbocycles. The van der Waals surface area contributed by atoms with Crippen LogP contribution in [-0.4, -0.2) is 35.3 Å². The van der Waals surface area contributed by atoms with Crippen LogP contribution in [0.15, 0.2) is 18.2 Å². The first-order valence-electron chi connectivity index (χ1n) is 8.92. The van der Waals surface area contributed by atoms with Gasteiger partial charge in [0.25, 0.3) is 5.91 Å². The van der Waals surface area contributed by atoms with Crippen LogP contribution in [0.3, 0.4) is 0 Å². The van der Waals surface area contributed by atoms with Crippen LogP contribution in [0.2, 0.25) is 0 Å². The maximum Gasteiger partial charge on any atom is 0.254 e. The molecule has 0 saturated carbocycles. The smallest absolute Gasteiger partial charge is 0.254 e. The molecule has 6 heteroatoms. The number of nitrogens with two attached hydrogens (primary N) is 1. The first kappa shape index (κ1) is 21.5. The lowest BCUT2D eigenvalue weighted by Gasteiger charge is -2.33. The van der Waals surface area contributed by atoms with Gasteiger partial charge in [-0.15, -0.1) is 12.4 Å². The van der Waals surface area contributed by atoms with Crippen molar-refractivity contribution >= 4 is 29.9 Å². The summed E-state index contributed by atoms with van der Waals surface area (Å²) in [5.74, 6) is -0.102. The molecule has 140 valence electrons. The standard InChI is InChI=1S/C19H29N3O2.ClH/c1-4-7-16(20)18(23)21-17-10-9-15(12-13(17)2)19(24)22-11-6-5-8-14(22)3;/h9-10,12,14,16H,4-8,11,20H2,1-3H3,(H,21,23);1H. The predicted octanol–water partition coefficient (Wildman–Crippen LogP) is 3.50. The highest BCUT2D eigenvalue weighted by Gasteiger charge is 2.24. The molecule has 25 heavy (non-hydrogen) atoms. The van der Waals surface area contributed by atoms with E-state index < -0.39 is 6.04 Å². The van der Waals surface area contributed by atoms with Gasteiger partial charge >= 0.3 is 0 Å². The molecular formula is C19H30ClN3O2. The topological polar surface area (TPSA) is 75.4 Å². The van der Waals surface area contributed by atoms with Gasteiger partial charge in [0.1, 0.15) is 0 Å². The van der Waals surface area contributed by atoms with Crippen molar-refractivity contribution in [2.24, 2.45) is 5.73 Å². The molecule has 2 amide bonds. The molecule has 3 N–H and O–H groups in total. The Hall–Kier alpha value is -1.59. The molecule has 1 aromatic carbocycles. The van der Waals surface area contributed by atoms with Gasteiger partial charge < -0.3 is 16.0 Å². The Morgan fingerprint density at radius 3 is 2.68 bits per heavy atom. The number of anilines is 1. The van der Waals surface area contributed by atoms with Crippen molar-refractivity contribution < 1.29 is 9.59 Å². The molecule has 2 rings (SSSR count). The van der Waals surface area contributed by atoms with E-state index >= 15 is 0 Å². The lowest BCUT2D eigenvalue weighted by Crippen LogP contribution is -2.42. The van der Waals surface area contributed by atoms with Gasteiger partial charge in [-0.3, -0.25) is 9.59 Å². The van der Waals surface area contributed by atoms with E-state index in [-0.39, 0.29) is 30.3 Å². The third kappa shape index (κ3) is 5.44. The molecule has 1 aliphatic rings. The van der Waals surface area contributed by atoms with Crippen LogP contribution in [0.5, 0.6) is 0 Å². The Balaban J connectivity index is 0.00000312. The molecule has 1 saturated heterocycles. The zero-order chi connectivity index (χ0) is 17.7. The van der Waals surface area contributed by atoms with Crippen LogP contribution in [0.25, 0.3) is 0 Å². The Labute approximate surface area is 156 Å². The minimum Gasteiger partial charge on any atom is -0.336 e. The highest BCUT2D eigenvalue weighted by atomic mass is 35.5. The number of rotatable bonds is 5. The van der Waals surface area contributed by atoms with Gasteiger partial charge in [-0.05, 0) is 63.3 Å². The van der Waals surface area contributed by atoms with E-state index in [9.17, 15) is 9.59 Å². The Morgan fingerprint density at radius 1 is 1.36 bits per heavy atom. The molecule has 0 bridgehead atoms. The largest absolute Gasteiger partial charge is 0.336 e. The SMILES string of the molecule is CCCC(N)C(=O)Nc1ccc(C(=O)N2CCCCC2C)cc1C.Cl. The highest BCUT2D eigenvalue weighted by molar-refractivity contribution is 5.98. The molecule has 1 aromatic rings. The monoisotopic (exact) mass is 367 g/mol. The fourth-order valence-electron chi connectivity index (χ4n) is 3.17. The maximum absolute atomic E-state index is 12.7. The number of nitrogens with one attached hydrogen (secondary N) is 1. The Bertz CT molecular complexity index is 606. The average Bonchev–Trinajstić information content (AvgIpc) is 2.56. The van der Waals surface area contributed by atoms with E-state index in [2.05, 4.69) is 12.2 Å². The third-order valence-electron chi connectivity index (χ3n) is 4.73. The number of carbonyl (C=O) groups excluding carboxylic acids is 2. The molecule has 5 nitrogen and oxygen atoms in total. The third-order valence-corrected chi connectivity index (χ3v) is 4.73. The number of amides is 2. The van der Waals surface area contributed by atoms with Crippen molar-refractivity contribution in [3.8, 4) is 0 Å². The summed E-state index contributed by atoms with van der Waals surface area (Å²) < 4.78 is 0. The van der Waals surface area contributed by atoms with E-state index in [1.807, 2.05) is 24.8 Å². The molecule has 0 radical (unpaired) electrons. The van der Waals surface area contributed by atoms with Crippen LogP contribution in [-0.2, 0) is 4.79 Å². The Kier molecular flexibility index (Phi) is 8.39. The summed E-state index contributed by atoms with van der Waals surface area (Å²) in [6.45, 7) is 6.83. The van der Waals surface area contributed by atoms with Gasteiger partial charge in [0.2, 0.25) is 5.91 Å².